The second-order valence-electron chi connectivity index (χ2n) is 6.10. The summed E-state index contributed by atoms with van der Waals surface area (Å²) >= 11 is 0. The van der Waals surface area contributed by atoms with Crippen LogP contribution in [0.2, 0.25) is 0 Å². The van der Waals surface area contributed by atoms with E-state index < -0.39 is 0 Å². The first-order valence-corrected chi connectivity index (χ1v) is 8.69. The van der Waals surface area contributed by atoms with Crippen LogP contribution < -0.4 is 10.5 Å². The van der Waals surface area contributed by atoms with Gasteiger partial charge in [-0.15, -0.1) is 0 Å². The van der Waals surface area contributed by atoms with E-state index in [1.54, 1.807) is 12.4 Å². The molecule has 2 heterocycles. The molecule has 0 unspecified atom stereocenters. The number of nitriles is 1. The Bertz CT molecular complexity index is 1140. The third-order valence-electron chi connectivity index (χ3n) is 4.28. The minimum absolute atomic E-state index is 0.205. The Morgan fingerprint density at radius 2 is 1.50 bits per heavy atom. The van der Waals surface area contributed by atoms with Gasteiger partial charge in [-0.2, -0.15) is 5.26 Å². The number of nitrogens with two attached hydrogens (primary N) is 1. The Morgan fingerprint density at radius 1 is 0.821 bits per heavy atom. The highest BCUT2D eigenvalue weighted by molar-refractivity contribution is 5.80. The molecule has 0 saturated carbocycles. The van der Waals surface area contributed by atoms with E-state index in [1.165, 1.54) is 0 Å². The number of ether oxygens (including phenoxy) is 1. The number of para-hydroxylation sites is 1. The van der Waals surface area contributed by atoms with Crippen molar-refractivity contribution < 1.29 is 4.74 Å². The third kappa shape index (κ3) is 3.53. The lowest BCUT2D eigenvalue weighted by molar-refractivity contribution is 0.483. The maximum absolute atomic E-state index is 9.50. The lowest BCUT2D eigenvalue weighted by Gasteiger charge is -2.11. The van der Waals surface area contributed by atoms with Crippen LogP contribution in [0.25, 0.3) is 22.4 Å². The highest BCUT2D eigenvalue weighted by Gasteiger charge is 2.13. The Morgan fingerprint density at radius 3 is 2.18 bits per heavy atom. The molecule has 0 aliphatic heterocycles. The van der Waals surface area contributed by atoms with Crippen LogP contribution in [-0.2, 0) is 0 Å². The van der Waals surface area contributed by atoms with Crippen molar-refractivity contribution in [3.05, 3.63) is 90.8 Å². The highest BCUT2D eigenvalue weighted by Crippen LogP contribution is 2.32. The minimum Gasteiger partial charge on any atom is -0.457 e. The molecule has 5 nitrogen and oxygen atoms in total. The molecule has 0 aliphatic rings. The second kappa shape index (κ2) is 7.60. The van der Waals surface area contributed by atoms with Gasteiger partial charge in [0, 0.05) is 23.5 Å². The predicted octanol–water partition coefficient (Wildman–Crippen LogP) is 5.06. The second-order valence-corrected chi connectivity index (χ2v) is 6.10. The van der Waals surface area contributed by atoms with Crippen molar-refractivity contribution in [2.24, 2.45) is 0 Å². The van der Waals surface area contributed by atoms with Crippen LogP contribution in [0.5, 0.6) is 11.5 Å². The zero-order valence-corrected chi connectivity index (χ0v) is 14.9. The average Bonchev–Trinajstić information content (AvgIpc) is 2.75. The summed E-state index contributed by atoms with van der Waals surface area (Å²) in [5, 5.41) is 9.50. The fraction of sp³-hybridized carbons (Fsp3) is 0. The molecular formula is C23H16N4O. The van der Waals surface area contributed by atoms with Crippen LogP contribution in [-0.4, -0.2) is 9.97 Å². The van der Waals surface area contributed by atoms with Crippen molar-refractivity contribution in [3.8, 4) is 40.0 Å². The van der Waals surface area contributed by atoms with Gasteiger partial charge in [-0.1, -0.05) is 18.2 Å². The van der Waals surface area contributed by atoms with E-state index >= 15 is 0 Å². The SMILES string of the molecule is N#Cc1c(-c2ccncc2)cc(-c2ccc(Oc3ccccc3)cc2)nc1N. The van der Waals surface area contributed by atoms with Gasteiger partial charge in [0.1, 0.15) is 28.9 Å². The zero-order chi connectivity index (χ0) is 19.3. The Balaban J connectivity index is 1.70. The molecule has 2 N–H and O–H groups in total. The maximum Gasteiger partial charge on any atom is 0.142 e. The van der Waals surface area contributed by atoms with Crippen LogP contribution in [0.15, 0.2) is 85.2 Å². The summed E-state index contributed by atoms with van der Waals surface area (Å²) in [6.07, 6.45) is 3.37. The number of pyridine rings is 2. The molecule has 134 valence electrons. The van der Waals surface area contributed by atoms with Crippen molar-refractivity contribution >= 4 is 5.82 Å². The van der Waals surface area contributed by atoms with E-state index in [0.29, 0.717) is 11.3 Å². The van der Waals surface area contributed by atoms with Gasteiger partial charge in [0.2, 0.25) is 0 Å². The normalized spacial score (nSPS) is 10.2. The Labute approximate surface area is 162 Å². The van der Waals surface area contributed by atoms with E-state index in [2.05, 4.69) is 16.0 Å². The van der Waals surface area contributed by atoms with Crippen molar-refractivity contribution in [1.82, 2.24) is 9.97 Å². The molecule has 0 fully saturated rings. The summed E-state index contributed by atoms with van der Waals surface area (Å²) in [5.74, 6) is 1.71. The zero-order valence-electron chi connectivity index (χ0n) is 14.9. The number of hydrogen-bond donors (Lipinski definition) is 1. The van der Waals surface area contributed by atoms with Crippen LogP contribution in [0, 0.1) is 11.3 Å². The van der Waals surface area contributed by atoms with E-state index in [4.69, 9.17) is 10.5 Å². The predicted molar refractivity (Wildman–Crippen MR) is 109 cm³/mol. The van der Waals surface area contributed by atoms with Crippen LogP contribution in [0.1, 0.15) is 5.56 Å². The molecular weight excluding hydrogens is 348 g/mol. The molecule has 0 amide bonds. The summed E-state index contributed by atoms with van der Waals surface area (Å²) in [7, 11) is 0. The molecule has 0 atom stereocenters. The van der Waals surface area contributed by atoms with E-state index in [-0.39, 0.29) is 5.82 Å². The van der Waals surface area contributed by atoms with Crippen LogP contribution in [0.3, 0.4) is 0 Å². The monoisotopic (exact) mass is 364 g/mol. The molecule has 0 radical (unpaired) electrons. The molecule has 2 aromatic heterocycles. The average molecular weight is 364 g/mol. The van der Waals surface area contributed by atoms with Crippen molar-refractivity contribution in [3.63, 3.8) is 0 Å². The summed E-state index contributed by atoms with van der Waals surface area (Å²) in [5.41, 5.74) is 9.60. The Kier molecular flexibility index (Phi) is 4.68. The lowest BCUT2D eigenvalue weighted by atomic mass is 9.99. The number of aromatic nitrogens is 2. The van der Waals surface area contributed by atoms with Gasteiger partial charge >= 0.3 is 0 Å². The van der Waals surface area contributed by atoms with E-state index in [0.717, 1.165) is 28.2 Å². The van der Waals surface area contributed by atoms with E-state index in [1.807, 2.05) is 72.8 Å². The molecule has 4 rings (SSSR count). The highest BCUT2D eigenvalue weighted by atomic mass is 16.5. The van der Waals surface area contributed by atoms with Crippen molar-refractivity contribution in [1.29, 1.82) is 5.26 Å². The van der Waals surface area contributed by atoms with Gasteiger partial charge in [0.05, 0.1) is 5.69 Å². The molecule has 0 bridgehead atoms. The topological polar surface area (TPSA) is 84.8 Å². The number of anilines is 1. The molecule has 0 spiro atoms. The lowest BCUT2D eigenvalue weighted by Crippen LogP contribution is -1.99. The molecule has 0 saturated heterocycles. The van der Waals surface area contributed by atoms with Crippen LogP contribution in [0.4, 0.5) is 5.82 Å². The maximum atomic E-state index is 9.50. The minimum atomic E-state index is 0.205. The number of benzene rings is 2. The largest absolute Gasteiger partial charge is 0.457 e. The van der Waals surface area contributed by atoms with Gasteiger partial charge in [-0.05, 0) is 60.2 Å². The summed E-state index contributed by atoms with van der Waals surface area (Å²) < 4.78 is 5.83. The van der Waals surface area contributed by atoms with E-state index in [9.17, 15) is 5.26 Å². The van der Waals surface area contributed by atoms with Crippen molar-refractivity contribution in [2.45, 2.75) is 0 Å². The van der Waals surface area contributed by atoms with Gasteiger partial charge in [-0.3, -0.25) is 4.98 Å². The fourth-order valence-electron chi connectivity index (χ4n) is 2.91. The van der Waals surface area contributed by atoms with Gasteiger partial charge in [0.25, 0.3) is 0 Å². The first kappa shape index (κ1) is 17.3. The number of nitrogen functional groups attached to an aromatic ring is 1. The smallest absolute Gasteiger partial charge is 0.142 e. The quantitative estimate of drug-likeness (QED) is 0.547. The summed E-state index contributed by atoms with van der Waals surface area (Å²) in [6, 6.07) is 24.9. The fourth-order valence-corrected chi connectivity index (χ4v) is 2.91. The van der Waals surface area contributed by atoms with Gasteiger partial charge in [0.15, 0.2) is 0 Å². The molecule has 2 aromatic carbocycles. The first-order chi connectivity index (χ1) is 13.7. The summed E-state index contributed by atoms with van der Waals surface area (Å²) in [4.78, 5) is 8.44. The van der Waals surface area contributed by atoms with Crippen LogP contribution >= 0.6 is 0 Å². The molecule has 4 aromatic rings. The molecule has 28 heavy (non-hydrogen) atoms. The number of nitrogens with zero attached hydrogens (tertiary/aromatic N) is 3. The number of hydrogen-bond acceptors (Lipinski definition) is 5. The number of rotatable bonds is 4. The molecule has 5 heteroatoms. The third-order valence-corrected chi connectivity index (χ3v) is 4.28. The van der Waals surface area contributed by atoms with Gasteiger partial charge < -0.3 is 10.5 Å². The first-order valence-electron chi connectivity index (χ1n) is 8.69. The standard InChI is InChI=1S/C23H16N4O/c24-15-21-20(16-10-12-26-13-11-16)14-22(27-23(21)25)17-6-8-19(9-7-17)28-18-4-2-1-3-5-18/h1-14H,(H2,25,27). The summed E-state index contributed by atoms with van der Waals surface area (Å²) in [6.45, 7) is 0. The van der Waals surface area contributed by atoms with Gasteiger partial charge in [-0.25, -0.2) is 4.98 Å². The molecule has 0 aliphatic carbocycles. The van der Waals surface area contributed by atoms with Crippen molar-refractivity contribution in [2.75, 3.05) is 5.73 Å². The Hall–Kier alpha value is -4.17.